The Morgan fingerprint density at radius 1 is 1.62 bits per heavy atom. The number of nitrogens with one attached hydrogen (secondary N) is 2. The van der Waals surface area contributed by atoms with Gasteiger partial charge in [0.2, 0.25) is 5.91 Å². The highest BCUT2D eigenvalue weighted by Gasteiger charge is 2.20. The van der Waals surface area contributed by atoms with Crippen molar-refractivity contribution in [1.29, 1.82) is 0 Å². The Bertz CT molecular complexity index is 416. The van der Waals surface area contributed by atoms with Crippen LogP contribution in [0.25, 0.3) is 0 Å². The summed E-state index contributed by atoms with van der Waals surface area (Å²) in [5.74, 6) is 0.138. The van der Waals surface area contributed by atoms with Crippen LogP contribution in [0.2, 0.25) is 5.02 Å². The molecule has 1 aliphatic heterocycles. The van der Waals surface area contributed by atoms with Crippen LogP contribution in [0.3, 0.4) is 0 Å². The highest BCUT2D eigenvalue weighted by atomic mass is 35.5. The third-order valence-electron chi connectivity index (χ3n) is 2.17. The van der Waals surface area contributed by atoms with Crippen LogP contribution in [-0.4, -0.2) is 17.2 Å². The second kappa shape index (κ2) is 5.03. The van der Waals surface area contributed by atoms with Crippen molar-refractivity contribution in [2.45, 2.75) is 12.0 Å². The van der Waals surface area contributed by atoms with Gasteiger partial charge in [-0.1, -0.05) is 17.7 Å². The lowest BCUT2D eigenvalue weighted by molar-refractivity contribution is -0.118. The molecular weight excluding hydrogens is 251 g/mol. The summed E-state index contributed by atoms with van der Waals surface area (Å²) in [6, 6.07) is 4.27. The average Bonchev–Trinajstić information content (AvgIpc) is 2.63. The molecule has 2 N–H and O–H groups in total. The van der Waals surface area contributed by atoms with Crippen LogP contribution in [0.5, 0.6) is 0 Å². The molecule has 0 radical (unpaired) electrons. The number of benzene rings is 1. The normalized spacial score (nSPS) is 19.9. The molecule has 3 nitrogen and oxygen atoms in total. The van der Waals surface area contributed by atoms with Crippen molar-refractivity contribution in [1.82, 2.24) is 10.6 Å². The average molecular weight is 261 g/mol. The van der Waals surface area contributed by atoms with Gasteiger partial charge in [0.1, 0.15) is 11.3 Å². The zero-order valence-corrected chi connectivity index (χ0v) is 9.87. The minimum Gasteiger partial charge on any atom is -0.331 e. The van der Waals surface area contributed by atoms with Crippen molar-refractivity contribution >= 4 is 29.3 Å². The highest BCUT2D eigenvalue weighted by molar-refractivity contribution is 8.00. The van der Waals surface area contributed by atoms with Crippen LogP contribution in [0.15, 0.2) is 18.2 Å². The van der Waals surface area contributed by atoms with E-state index in [2.05, 4.69) is 10.6 Å². The molecule has 1 unspecified atom stereocenters. The van der Waals surface area contributed by atoms with Gasteiger partial charge in [-0.25, -0.2) is 4.39 Å². The second-order valence-corrected chi connectivity index (χ2v) is 4.88. The lowest BCUT2D eigenvalue weighted by Gasteiger charge is -2.12. The molecule has 1 saturated heterocycles. The Kier molecular flexibility index (Phi) is 3.68. The number of carbonyl (C=O) groups excluding carboxylic acids is 1. The van der Waals surface area contributed by atoms with Crippen LogP contribution < -0.4 is 10.6 Å². The predicted octanol–water partition coefficient (Wildman–Crippen LogP) is 1.72. The minimum atomic E-state index is -0.350. The first-order valence-corrected chi connectivity index (χ1v) is 6.16. The van der Waals surface area contributed by atoms with Crippen molar-refractivity contribution < 1.29 is 9.18 Å². The van der Waals surface area contributed by atoms with Crippen molar-refractivity contribution in [2.24, 2.45) is 0 Å². The van der Waals surface area contributed by atoms with Crippen LogP contribution in [0.1, 0.15) is 5.56 Å². The van der Waals surface area contributed by atoms with Gasteiger partial charge in [0.25, 0.3) is 0 Å². The Balaban J connectivity index is 1.92. The maximum Gasteiger partial charge on any atom is 0.231 e. The molecule has 1 aliphatic rings. The van der Waals surface area contributed by atoms with Crippen molar-refractivity contribution in [2.75, 3.05) is 5.75 Å². The molecule has 1 aromatic carbocycles. The van der Waals surface area contributed by atoms with Gasteiger partial charge >= 0.3 is 0 Å². The number of rotatable bonds is 3. The third-order valence-corrected chi connectivity index (χ3v) is 3.56. The van der Waals surface area contributed by atoms with E-state index in [1.807, 2.05) is 0 Å². The highest BCUT2D eigenvalue weighted by Crippen LogP contribution is 2.18. The molecule has 1 amide bonds. The summed E-state index contributed by atoms with van der Waals surface area (Å²) in [6.07, 6.45) is 0. The van der Waals surface area contributed by atoms with Gasteiger partial charge in [0, 0.05) is 11.6 Å². The summed E-state index contributed by atoms with van der Waals surface area (Å²) in [6.45, 7) is 0.497. The van der Waals surface area contributed by atoms with Gasteiger partial charge in [-0.2, -0.15) is 0 Å². The lowest BCUT2D eigenvalue weighted by atomic mass is 10.2. The first kappa shape index (κ1) is 11.7. The molecule has 0 aliphatic carbocycles. The van der Waals surface area contributed by atoms with Crippen LogP contribution in [-0.2, 0) is 11.3 Å². The van der Waals surface area contributed by atoms with Gasteiger partial charge in [0.05, 0.1) is 5.75 Å². The summed E-state index contributed by atoms with van der Waals surface area (Å²) in [7, 11) is 0. The molecule has 86 valence electrons. The molecular formula is C10H10ClFN2OS. The first-order chi connectivity index (χ1) is 7.65. The maximum atomic E-state index is 12.8. The van der Waals surface area contributed by atoms with Gasteiger partial charge in [0.15, 0.2) is 0 Å². The smallest absolute Gasteiger partial charge is 0.231 e. The Morgan fingerprint density at radius 3 is 3.06 bits per heavy atom. The summed E-state index contributed by atoms with van der Waals surface area (Å²) in [5.41, 5.74) is 0.721. The monoisotopic (exact) mass is 260 g/mol. The standard InChI is InChI=1S/C10H10ClFN2OS/c11-8-3-7(12)2-1-6(8)4-13-10-14-9(15)5-16-10/h1-3,10,13H,4-5H2,(H,14,15). The van der Waals surface area contributed by atoms with Crippen LogP contribution in [0, 0.1) is 5.82 Å². The molecule has 0 spiro atoms. The van der Waals surface area contributed by atoms with E-state index < -0.39 is 0 Å². The minimum absolute atomic E-state index is 0.0210. The van der Waals surface area contributed by atoms with Crippen molar-refractivity contribution in [3.05, 3.63) is 34.6 Å². The number of hydrogen-bond donors (Lipinski definition) is 2. The van der Waals surface area contributed by atoms with E-state index in [0.29, 0.717) is 17.3 Å². The molecule has 1 fully saturated rings. The predicted molar refractivity (Wildman–Crippen MR) is 62.6 cm³/mol. The Morgan fingerprint density at radius 2 is 2.44 bits per heavy atom. The molecule has 0 saturated carbocycles. The van der Waals surface area contributed by atoms with E-state index in [1.165, 1.54) is 23.9 Å². The molecule has 2 rings (SSSR count). The number of halogens is 2. The maximum absolute atomic E-state index is 12.8. The number of carbonyl (C=O) groups is 1. The Hall–Kier alpha value is -0.780. The molecule has 0 bridgehead atoms. The second-order valence-electron chi connectivity index (χ2n) is 3.38. The molecule has 1 atom stereocenters. The number of hydrogen-bond acceptors (Lipinski definition) is 3. The summed E-state index contributed by atoms with van der Waals surface area (Å²) in [5, 5.41) is 6.25. The number of thioether (sulfide) groups is 1. The lowest BCUT2D eigenvalue weighted by Crippen LogP contribution is -2.37. The van der Waals surface area contributed by atoms with E-state index in [1.54, 1.807) is 6.07 Å². The van der Waals surface area contributed by atoms with Crippen LogP contribution >= 0.6 is 23.4 Å². The molecule has 6 heteroatoms. The molecule has 16 heavy (non-hydrogen) atoms. The zero-order chi connectivity index (χ0) is 11.5. The van der Waals surface area contributed by atoms with Gasteiger partial charge < -0.3 is 5.32 Å². The van der Waals surface area contributed by atoms with Gasteiger partial charge in [-0.05, 0) is 17.7 Å². The van der Waals surface area contributed by atoms with E-state index in [4.69, 9.17) is 11.6 Å². The quantitative estimate of drug-likeness (QED) is 0.870. The van der Waals surface area contributed by atoms with Gasteiger partial charge in [-0.15, -0.1) is 11.8 Å². The van der Waals surface area contributed by atoms with Crippen molar-refractivity contribution in [3.63, 3.8) is 0 Å². The van der Waals surface area contributed by atoms with Crippen LogP contribution in [0.4, 0.5) is 4.39 Å². The first-order valence-electron chi connectivity index (χ1n) is 4.73. The zero-order valence-electron chi connectivity index (χ0n) is 8.30. The van der Waals surface area contributed by atoms with E-state index in [0.717, 1.165) is 5.56 Å². The number of amides is 1. The van der Waals surface area contributed by atoms with E-state index >= 15 is 0 Å². The van der Waals surface area contributed by atoms with Gasteiger partial charge in [-0.3, -0.25) is 10.1 Å². The Labute approximate surface area is 102 Å². The fraction of sp³-hybridized carbons (Fsp3) is 0.300. The van der Waals surface area contributed by atoms with Crippen molar-refractivity contribution in [3.8, 4) is 0 Å². The van der Waals surface area contributed by atoms with E-state index in [-0.39, 0.29) is 17.2 Å². The fourth-order valence-electron chi connectivity index (χ4n) is 1.37. The largest absolute Gasteiger partial charge is 0.331 e. The van der Waals surface area contributed by atoms with E-state index in [9.17, 15) is 9.18 Å². The fourth-order valence-corrected chi connectivity index (χ4v) is 2.42. The molecule has 0 aromatic heterocycles. The third kappa shape index (κ3) is 2.87. The molecule has 1 aromatic rings. The summed E-state index contributed by atoms with van der Waals surface area (Å²) in [4.78, 5) is 10.9. The SMILES string of the molecule is O=C1CSC(NCc2ccc(F)cc2Cl)N1. The topological polar surface area (TPSA) is 41.1 Å². The summed E-state index contributed by atoms with van der Waals surface area (Å²) < 4.78 is 12.8. The summed E-state index contributed by atoms with van der Waals surface area (Å²) >= 11 is 7.36. The molecule has 1 heterocycles.